The molecule has 6 nitrogen and oxygen atoms in total. The van der Waals surface area contributed by atoms with E-state index in [2.05, 4.69) is 5.32 Å². The van der Waals surface area contributed by atoms with Crippen molar-refractivity contribution < 1.29 is 28.1 Å². The van der Waals surface area contributed by atoms with E-state index in [1.165, 1.54) is 19.2 Å². The topological polar surface area (TPSA) is 66.0 Å². The van der Waals surface area contributed by atoms with Crippen LogP contribution in [0.15, 0.2) is 60.7 Å². The minimum Gasteiger partial charge on any atom is -0.493 e. The Balaban J connectivity index is 1.93. The number of Topliss-reactive ketones (excluding diaryl/α,β-unsaturated/α-hetero) is 1. The molecule has 0 aromatic heterocycles. The van der Waals surface area contributed by atoms with Crippen molar-refractivity contribution in [2.75, 3.05) is 33.8 Å². The lowest BCUT2D eigenvalue weighted by Gasteiger charge is -2.21. The summed E-state index contributed by atoms with van der Waals surface area (Å²) < 4.78 is 34.7. The number of carbonyl (C=O) groups is 1. The number of methoxy groups -OCH3 is 4. The first-order valence-electron chi connectivity index (χ1n) is 9.98. The van der Waals surface area contributed by atoms with Crippen LogP contribution in [0.5, 0.6) is 23.0 Å². The quantitative estimate of drug-likeness (QED) is 0.433. The van der Waals surface area contributed by atoms with Gasteiger partial charge in [-0.15, -0.1) is 0 Å². The molecule has 7 heteroatoms. The summed E-state index contributed by atoms with van der Waals surface area (Å²) in [6.45, 7) is 0. The molecule has 0 aliphatic carbocycles. The summed E-state index contributed by atoms with van der Waals surface area (Å²) in [4.78, 5) is 13.2. The third kappa shape index (κ3) is 5.29. The van der Waals surface area contributed by atoms with Crippen molar-refractivity contribution in [2.24, 2.45) is 0 Å². The summed E-state index contributed by atoms with van der Waals surface area (Å²) in [6.07, 6.45) is 0.141. The van der Waals surface area contributed by atoms with Gasteiger partial charge in [0.05, 0.1) is 34.5 Å². The van der Waals surface area contributed by atoms with E-state index >= 15 is 0 Å². The highest BCUT2D eigenvalue weighted by Gasteiger charge is 2.20. The predicted octanol–water partition coefficient (Wildman–Crippen LogP) is 5.29. The zero-order chi connectivity index (χ0) is 23.1. The van der Waals surface area contributed by atoms with Crippen molar-refractivity contribution in [3.63, 3.8) is 0 Å². The zero-order valence-corrected chi connectivity index (χ0v) is 18.5. The SMILES string of the molecule is COc1ccc(C(=O)CC(Nc2ccc(F)cc2)c2ccc(OC)c(OC)c2)cc1OC. The molecule has 0 saturated carbocycles. The van der Waals surface area contributed by atoms with Crippen molar-refractivity contribution in [1.29, 1.82) is 0 Å². The number of ketones is 1. The van der Waals surface area contributed by atoms with Gasteiger partial charge >= 0.3 is 0 Å². The van der Waals surface area contributed by atoms with Crippen molar-refractivity contribution in [1.82, 2.24) is 0 Å². The molecule has 1 atom stereocenters. The Morgan fingerprint density at radius 2 is 1.34 bits per heavy atom. The Bertz CT molecular complexity index is 1070. The van der Waals surface area contributed by atoms with Crippen LogP contribution in [-0.4, -0.2) is 34.2 Å². The third-order valence-electron chi connectivity index (χ3n) is 5.09. The van der Waals surface area contributed by atoms with Gasteiger partial charge in [0.1, 0.15) is 5.82 Å². The number of hydrogen-bond acceptors (Lipinski definition) is 6. The number of ether oxygens (including phenoxy) is 4. The average molecular weight is 439 g/mol. The van der Waals surface area contributed by atoms with Crippen molar-refractivity contribution in [2.45, 2.75) is 12.5 Å². The molecule has 0 bridgehead atoms. The molecule has 0 spiro atoms. The van der Waals surface area contributed by atoms with Crippen LogP contribution < -0.4 is 24.3 Å². The highest BCUT2D eigenvalue weighted by Crippen LogP contribution is 2.34. The maximum Gasteiger partial charge on any atom is 0.165 e. The van der Waals surface area contributed by atoms with E-state index in [1.807, 2.05) is 12.1 Å². The Morgan fingerprint density at radius 3 is 1.94 bits per heavy atom. The molecule has 3 rings (SSSR count). The molecule has 0 fully saturated rings. The fraction of sp³-hybridized carbons (Fsp3) is 0.240. The van der Waals surface area contributed by atoms with Crippen LogP contribution in [0.1, 0.15) is 28.4 Å². The minimum absolute atomic E-state index is 0.0969. The fourth-order valence-corrected chi connectivity index (χ4v) is 3.38. The number of nitrogens with one attached hydrogen (secondary N) is 1. The van der Waals surface area contributed by atoms with Crippen molar-refractivity contribution in [3.05, 3.63) is 77.6 Å². The second-order valence-electron chi connectivity index (χ2n) is 7.02. The van der Waals surface area contributed by atoms with Crippen LogP contribution in [0.4, 0.5) is 10.1 Å². The molecule has 0 radical (unpaired) electrons. The van der Waals surface area contributed by atoms with E-state index < -0.39 is 6.04 Å². The molecular formula is C25H26FNO5. The molecule has 3 aromatic carbocycles. The van der Waals surface area contributed by atoms with Crippen molar-refractivity contribution in [3.8, 4) is 23.0 Å². The Labute approximate surface area is 186 Å². The largest absolute Gasteiger partial charge is 0.493 e. The van der Waals surface area contributed by atoms with Gasteiger partial charge in [-0.05, 0) is 60.2 Å². The first kappa shape index (κ1) is 22.9. The van der Waals surface area contributed by atoms with Gasteiger partial charge in [0.2, 0.25) is 0 Å². The van der Waals surface area contributed by atoms with Gasteiger partial charge in [0.15, 0.2) is 28.8 Å². The highest BCUT2D eigenvalue weighted by molar-refractivity contribution is 5.97. The normalized spacial score (nSPS) is 11.4. The van der Waals surface area contributed by atoms with Crippen LogP contribution in [0.2, 0.25) is 0 Å². The van der Waals surface area contributed by atoms with Gasteiger partial charge < -0.3 is 24.3 Å². The maximum absolute atomic E-state index is 13.4. The number of halogens is 1. The van der Waals surface area contributed by atoms with Gasteiger partial charge in [-0.3, -0.25) is 4.79 Å². The number of hydrogen-bond donors (Lipinski definition) is 1. The molecule has 0 aliphatic heterocycles. The second kappa shape index (κ2) is 10.5. The Morgan fingerprint density at radius 1 is 0.781 bits per heavy atom. The summed E-state index contributed by atoms with van der Waals surface area (Å²) in [6, 6.07) is 16.1. The van der Waals surface area contributed by atoms with Crippen LogP contribution >= 0.6 is 0 Å². The minimum atomic E-state index is -0.402. The number of benzene rings is 3. The highest BCUT2D eigenvalue weighted by atomic mass is 19.1. The third-order valence-corrected chi connectivity index (χ3v) is 5.09. The van der Waals surface area contributed by atoms with Crippen LogP contribution in [0, 0.1) is 5.82 Å². The maximum atomic E-state index is 13.4. The first-order chi connectivity index (χ1) is 15.5. The summed E-state index contributed by atoms with van der Waals surface area (Å²) in [5.41, 5.74) is 2.00. The smallest absolute Gasteiger partial charge is 0.165 e. The number of carbonyl (C=O) groups excluding carboxylic acids is 1. The Hall–Kier alpha value is -3.74. The van der Waals surface area contributed by atoms with E-state index in [9.17, 15) is 9.18 Å². The van der Waals surface area contributed by atoms with Gasteiger partial charge in [-0.2, -0.15) is 0 Å². The molecule has 3 aromatic rings. The summed E-state index contributed by atoms with van der Waals surface area (Å²) in [7, 11) is 6.18. The monoisotopic (exact) mass is 439 g/mol. The van der Waals surface area contributed by atoms with Crippen LogP contribution in [-0.2, 0) is 0 Å². The molecule has 0 amide bonds. The summed E-state index contributed by atoms with van der Waals surface area (Å²) >= 11 is 0. The number of rotatable bonds is 10. The van der Waals surface area contributed by atoms with Crippen LogP contribution in [0.3, 0.4) is 0 Å². The van der Waals surface area contributed by atoms with E-state index in [4.69, 9.17) is 18.9 Å². The summed E-state index contributed by atoms with van der Waals surface area (Å²) in [5.74, 6) is 1.73. The Kier molecular flexibility index (Phi) is 7.54. The number of anilines is 1. The standard InChI is InChI=1S/C25H26FNO5/c1-29-22-11-5-16(13-24(22)31-3)20(27-19-9-7-18(26)8-10-19)15-21(28)17-6-12-23(30-2)25(14-17)32-4/h5-14,20,27H,15H2,1-4H3. The first-order valence-corrected chi connectivity index (χ1v) is 9.98. The second-order valence-corrected chi connectivity index (χ2v) is 7.02. The molecule has 0 saturated heterocycles. The average Bonchev–Trinajstić information content (AvgIpc) is 2.83. The lowest BCUT2D eigenvalue weighted by molar-refractivity contribution is 0.0976. The van der Waals surface area contributed by atoms with E-state index in [1.54, 1.807) is 57.7 Å². The summed E-state index contributed by atoms with van der Waals surface area (Å²) in [5, 5.41) is 3.32. The molecule has 1 unspecified atom stereocenters. The van der Waals surface area contributed by atoms with Gasteiger partial charge in [-0.1, -0.05) is 6.07 Å². The van der Waals surface area contributed by atoms with Crippen LogP contribution in [0.25, 0.3) is 0 Å². The van der Waals surface area contributed by atoms with Crippen molar-refractivity contribution >= 4 is 11.5 Å². The predicted molar refractivity (Wildman–Crippen MR) is 121 cm³/mol. The molecule has 1 N–H and O–H groups in total. The molecule has 168 valence electrons. The molecule has 32 heavy (non-hydrogen) atoms. The lowest BCUT2D eigenvalue weighted by atomic mass is 9.97. The van der Waals surface area contributed by atoms with Gasteiger partial charge in [-0.25, -0.2) is 4.39 Å². The fourth-order valence-electron chi connectivity index (χ4n) is 3.38. The van der Waals surface area contributed by atoms with E-state index in [0.717, 1.165) is 5.56 Å². The molecular weight excluding hydrogens is 413 g/mol. The van der Waals surface area contributed by atoms with E-state index in [-0.39, 0.29) is 18.0 Å². The van der Waals surface area contributed by atoms with Gasteiger partial charge in [0, 0.05) is 17.7 Å². The zero-order valence-electron chi connectivity index (χ0n) is 18.5. The van der Waals surface area contributed by atoms with Gasteiger partial charge in [0.25, 0.3) is 0 Å². The lowest BCUT2D eigenvalue weighted by Crippen LogP contribution is -2.16. The van der Waals surface area contributed by atoms with E-state index in [0.29, 0.717) is 34.2 Å². The molecule has 0 aliphatic rings. The molecule has 0 heterocycles.